The number of benzene rings is 6. The lowest BCUT2D eigenvalue weighted by Crippen LogP contribution is -1.96. The molecule has 3 aromatic heterocycles. The third kappa shape index (κ3) is 4.56. The number of hydrogen-bond donors (Lipinski definition) is 0. The summed E-state index contributed by atoms with van der Waals surface area (Å²) < 4.78 is 12.5. The van der Waals surface area contributed by atoms with E-state index >= 15 is 0 Å². The van der Waals surface area contributed by atoms with Crippen molar-refractivity contribution in [1.29, 1.82) is 0 Å². The number of nitrogens with zero attached hydrogens (tertiary/aromatic N) is 2. The van der Waals surface area contributed by atoms with Gasteiger partial charge in [-0.15, -0.1) is 0 Å². The Hall–Kier alpha value is -6.26. The smallest absolute Gasteiger partial charge is 0.164 e. The van der Waals surface area contributed by atoms with Crippen molar-refractivity contribution in [1.82, 2.24) is 9.97 Å². The minimum atomic E-state index is 0.614. The highest BCUT2D eigenvalue weighted by Gasteiger charge is 2.17. The number of aromatic nitrogens is 2. The molecule has 4 heteroatoms. The molecule has 0 aliphatic rings. The number of fused-ring (bicyclic) bond motifs is 4. The average molecular weight is 591 g/mol. The minimum absolute atomic E-state index is 0.614. The first-order valence-electron chi connectivity index (χ1n) is 15.3. The molecule has 0 saturated carbocycles. The van der Waals surface area contributed by atoms with Crippen LogP contribution in [0.1, 0.15) is 0 Å². The van der Waals surface area contributed by atoms with Gasteiger partial charge in [-0.2, -0.15) is 0 Å². The van der Waals surface area contributed by atoms with E-state index in [-0.39, 0.29) is 0 Å². The van der Waals surface area contributed by atoms with Gasteiger partial charge in [-0.25, -0.2) is 9.97 Å². The van der Waals surface area contributed by atoms with E-state index in [0.29, 0.717) is 5.82 Å². The zero-order valence-corrected chi connectivity index (χ0v) is 24.7. The van der Waals surface area contributed by atoms with E-state index < -0.39 is 0 Å². The van der Waals surface area contributed by atoms with E-state index in [1.165, 1.54) is 0 Å². The third-order valence-corrected chi connectivity index (χ3v) is 8.53. The Kier molecular flexibility index (Phi) is 6.10. The molecule has 0 N–H and O–H groups in total. The second-order valence-electron chi connectivity index (χ2n) is 11.4. The maximum atomic E-state index is 6.41. The predicted octanol–water partition coefficient (Wildman–Crippen LogP) is 11.5. The third-order valence-electron chi connectivity index (χ3n) is 8.53. The van der Waals surface area contributed by atoms with E-state index in [2.05, 4.69) is 103 Å². The molecular weight excluding hydrogens is 564 g/mol. The molecule has 0 radical (unpaired) electrons. The molecule has 4 nitrogen and oxygen atoms in total. The quantitative estimate of drug-likeness (QED) is 0.200. The van der Waals surface area contributed by atoms with Crippen LogP contribution in [-0.4, -0.2) is 9.97 Å². The number of para-hydroxylation sites is 3. The molecule has 0 unspecified atom stereocenters. The molecule has 0 saturated heterocycles. The van der Waals surface area contributed by atoms with Crippen LogP contribution in [0, 0.1) is 0 Å². The highest BCUT2D eigenvalue weighted by Crippen LogP contribution is 2.37. The normalized spacial score (nSPS) is 11.5. The maximum Gasteiger partial charge on any atom is 0.164 e. The first kappa shape index (κ1) is 26.2. The Morgan fingerprint density at radius 2 is 1.04 bits per heavy atom. The van der Waals surface area contributed by atoms with Gasteiger partial charge in [0.1, 0.15) is 22.5 Å². The molecule has 3 heterocycles. The molecule has 9 aromatic rings. The van der Waals surface area contributed by atoms with Crippen molar-refractivity contribution < 1.29 is 8.83 Å². The van der Waals surface area contributed by atoms with Crippen molar-refractivity contribution in [3.63, 3.8) is 0 Å². The fourth-order valence-electron chi connectivity index (χ4n) is 6.20. The highest BCUT2D eigenvalue weighted by atomic mass is 16.3. The van der Waals surface area contributed by atoms with Crippen molar-refractivity contribution in [3.05, 3.63) is 158 Å². The number of hydrogen-bond acceptors (Lipinski definition) is 4. The molecule has 0 amide bonds. The number of rotatable bonds is 5. The van der Waals surface area contributed by atoms with E-state index in [0.717, 1.165) is 83.4 Å². The molecule has 0 aliphatic carbocycles. The molecule has 46 heavy (non-hydrogen) atoms. The van der Waals surface area contributed by atoms with Crippen LogP contribution in [-0.2, 0) is 0 Å². The predicted molar refractivity (Wildman–Crippen MR) is 186 cm³/mol. The van der Waals surface area contributed by atoms with Crippen LogP contribution < -0.4 is 0 Å². The zero-order valence-electron chi connectivity index (χ0n) is 24.7. The monoisotopic (exact) mass is 590 g/mol. The first-order valence-corrected chi connectivity index (χ1v) is 15.3. The van der Waals surface area contributed by atoms with Gasteiger partial charge in [-0.1, -0.05) is 121 Å². The Bertz CT molecular complexity index is 2490. The summed E-state index contributed by atoms with van der Waals surface area (Å²) in [5.74, 6) is 1.45. The van der Waals surface area contributed by atoms with Crippen LogP contribution in [0.4, 0.5) is 0 Å². The van der Waals surface area contributed by atoms with Gasteiger partial charge >= 0.3 is 0 Å². The summed E-state index contributed by atoms with van der Waals surface area (Å²) >= 11 is 0. The lowest BCUT2D eigenvalue weighted by molar-refractivity contribution is 0.631. The SMILES string of the molecule is c1ccc(-c2cccc(-c3cc(-c4ccc(-c5cc6ccccc6o5)cc4)nc(-c4cccc5c4oc4ccccc45)n3)c2)cc1. The highest BCUT2D eigenvalue weighted by molar-refractivity contribution is 6.09. The van der Waals surface area contributed by atoms with Crippen molar-refractivity contribution in [2.45, 2.75) is 0 Å². The van der Waals surface area contributed by atoms with Gasteiger partial charge in [0, 0.05) is 32.8 Å². The Morgan fingerprint density at radius 1 is 0.391 bits per heavy atom. The summed E-state index contributed by atoms with van der Waals surface area (Å²) in [6, 6.07) is 53.8. The summed E-state index contributed by atoms with van der Waals surface area (Å²) in [7, 11) is 0. The van der Waals surface area contributed by atoms with Crippen molar-refractivity contribution >= 4 is 32.9 Å². The minimum Gasteiger partial charge on any atom is -0.456 e. The molecule has 216 valence electrons. The fourth-order valence-corrected chi connectivity index (χ4v) is 6.20. The van der Waals surface area contributed by atoms with Crippen LogP contribution in [0.5, 0.6) is 0 Å². The largest absolute Gasteiger partial charge is 0.456 e. The second kappa shape index (κ2) is 10.7. The molecule has 6 aromatic carbocycles. The lowest BCUT2D eigenvalue weighted by atomic mass is 10.00. The topological polar surface area (TPSA) is 52.1 Å². The Balaban J connectivity index is 1.20. The van der Waals surface area contributed by atoms with Gasteiger partial charge in [0.25, 0.3) is 0 Å². The Morgan fingerprint density at radius 3 is 1.89 bits per heavy atom. The molecule has 0 spiro atoms. The maximum absolute atomic E-state index is 6.41. The molecule has 9 rings (SSSR count). The van der Waals surface area contributed by atoms with Gasteiger partial charge in [-0.3, -0.25) is 0 Å². The van der Waals surface area contributed by atoms with Gasteiger partial charge < -0.3 is 8.83 Å². The summed E-state index contributed by atoms with van der Waals surface area (Å²) in [4.78, 5) is 10.3. The average Bonchev–Trinajstić information content (AvgIpc) is 3.74. The second-order valence-corrected chi connectivity index (χ2v) is 11.4. The summed E-state index contributed by atoms with van der Waals surface area (Å²) in [5.41, 5.74) is 10.3. The van der Waals surface area contributed by atoms with Crippen molar-refractivity contribution in [3.8, 4) is 56.4 Å². The van der Waals surface area contributed by atoms with E-state index in [1.807, 2.05) is 54.6 Å². The zero-order chi connectivity index (χ0) is 30.5. The van der Waals surface area contributed by atoms with Crippen LogP contribution in [0.2, 0.25) is 0 Å². The number of furan rings is 2. The van der Waals surface area contributed by atoms with Crippen LogP contribution >= 0.6 is 0 Å². The van der Waals surface area contributed by atoms with Crippen LogP contribution in [0.3, 0.4) is 0 Å². The molecule has 0 atom stereocenters. The van der Waals surface area contributed by atoms with Crippen molar-refractivity contribution in [2.24, 2.45) is 0 Å². The fraction of sp³-hybridized carbons (Fsp3) is 0. The van der Waals surface area contributed by atoms with Gasteiger partial charge in [0.2, 0.25) is 0 Å². The Labute approximate surface area is 265 Å². The van der Waals surface area contributed by atoms with E-state index in [9.17, 15) is 0 Å². The summed E-state index contributed by atoms with van der Waals surface area (Å²) in [5, 5.41) is 3.21. The van der Waals surface area contributed by atoms with E-state index in [4.69, 9.17) is 18.8 Å². The lowest BCUT2D eigenvalue weighted by Gasteiger charge is -2.11. The van der Waals surface area contributed by atoms with Gasteiger partial charge in [0.15, 0.2) is 5.82 Å². The first-order chi connectivity index (χ1) is 22.8. The van der Waals surface area contributed by atoms with Crippen LogP contribution in [0.25, 0.3) is 89.3 Å². The van der Waals surface area contributed by atoms with Gasteiger partial charge in [0.05, 0.1) is 17.0 Å². The molecule has 0 bridgehead atoms. The molecule has 0 aliphatic heterocycles. The van der Waals surface area contributed by atoms with E-state index in [1.54, 1.807) is 0 Å². The molecular formula is C42H26N2O2. The van der Waals surface area contributed by atoms with Crippen molar-refractivity contribution in [2.75, 3.05) is 0 Å². The summed E-state index contributed by atoms with van der Waals surface area (Å²) in [6.07, 6.45) is 0. The standard InChI is InChI=1S/C42H26N2O2/c1-2-10-27(11-3-1)30-13-8-14-31(24-30)37-26-36(28-20-22-29(23-21-28)40-25-32-12-4-6-18-38(32)45-40)43-42(44-37)35-17-9-16-34-33-15-5-7-19-39(33)46-41(34)35/h1-26H. The summed E-state index contributed by atoms with van der Waals surface area (Å²) in [6.45, 7) is 0. The van der Waals surface area contributed by atoms with Gasteiger partial charge in [-0.05, 0) is 47.5 Å². The molecule has 0 fully saturated rings. The van der Waals surface area contributed by atoms with Crippen LogP contribution in [0.15, 0.2) is 167 Å².